The molecule has 2 nitrogen and oxygen atoms in total. The molecule has 2 fully saturated rings. The smallest absolute Gasteiger partial charge is 0.0387 e. The highest BCUT2D eigenvalue weighted by atomic mass is 127. The van der Waals surface area contributed by atoms with Crippen LogP contribution in [0.2, 0.25) is 0 Å². The van der Waals surface area contributed by atoms with Gasteiger partial charge in [0.2, 0.25) is 0 Å². The summed E-state index contributed by atoms with van der Waals surface area (Å²) in [5.41, 5.74) is 1.56. The molecule has 1 atom stereocenters. The van der Waals surface area contributed by atoms with E-state index in [4.69, 9.17) is 0 Å². The topological polar surface area (TPSA) is 15.3 Å². The van der Waals surface area contributed by atoms with Crippen molar-refractivity contribution in [1.29, 1.82) is 0 Å². The van der Waals surface area contributed by atoms with Gasteiger partial charge in [-0.15, -0.1) is 0 Å². The SMILES string of the molecule is Ic1ccccc1[C@@H](C1CCC1)N1CCNCC1. The van der Waals surface area contributed by atoms with E-state index in [2.05, 4.69) is 57.1 Å². The van der Waals surface area contributed by atoms with Gasteiger partial charge in [-0.2, -0.15) is 0 Å². The van der Waals surface area contributed by atoms with Gasteiger partial charge in [-0.25, -0.2) is 0 Å². The highest BCUT2D eigenvalue weighted by Gasteiger charge is 2.34. The number of benzene rings is 1. The Morgan fingerprint density at radius 3 is 2.50 bits per heavy atom. The van der Waals surface area contributed by atoms with Gasteiger partial charge in [-0.1, -0.05) is 24.6 Å². The summed E-state index contributed by atoms with van der Waals surface area (Å²) in [7, 11) is 0. The molecule has 3 rings (SSSR count). The minimum absolute atomic E-state index is 0.661. The number of piperazine rings is 1. The van der Waals surface area contributed by atoms with Crippen molar-refractivity contribution < 1.29 is 0 Å². The van der Waals surface area contributed by atoms with Crippen LogP contribution in [0.4, 0.5) is 0 Å². The van der Waals surface area contributed by atoms with Gasteiger partial charge < -0.3 is 5.32 Å². The molecule has 0 amide bonds. The van der Waals surface area contributed by atoms with Gasteiger partial charge in [0.05, 0.1) is 0 Å². The second kappa shape index (κ2) is 5.88. The van der Waals surface area contributed by atoms with Crippen LogP contribution in [-0.4, -0.2) is 31.1 Å². The van der Waals surface area contributed by atoms with Crippen LogP contribution in [0.1, 0.15) is 30.9 Å². The number of halogens is 1. The maximum atomic E-state index is 3.47. The zero-order valence-electron chi connectivity index (χ0n) is 10.7. The first kappa shape index (κ1) is 12.9. The van der Waals surface area contributed by atoms with Gasteiger partial charge in [0.15, 0.2) is 0 Å². The van der Waals surface area contributed by atoms with Crippen molar-refractivity contribution in [2.24, 2.45) is 5.92 Å². The predicted octanol–water partition coefficient (Wildman–Crippen LogP) is 3.04. The second-order valence-corrected chi connectivity index (χ2v) is 6.61. The molecule has 1 heterocycles. The fourth-order valence-corrected chi connectivity index (χ4v) is 3.89. The number of nitrogens with one attached hydrogen (secondary N) is 1. The van der Waals surface area contributed by atoms with Crippen LogP contribution in [0, 0.1) is 9.49 Å². The Balaban J connectivity index is 1.87. The van der Waals surface area contributed by atoms with Crippen molar-refractivity contribution >= 4 is 22.6 Å². The molecule has 1 aliphatic heterocycles. The minimum Gasteiger partial charge on any atom is -0.314 e. The zero-order chi connectivity index (χ0) is 12.4. The van der Waals surface area contributed by atoms with E-state index in [1.165, 1.54) is 35.9 Å². The fraction of sp³-hybridized carbons (Fsp3) is 0.600. The number of rotatable bonds is 3. The highest BCUT2D eigenvalue weighted by Crippen LogP contribution is 2.42. The minimum atomic E-state index is 0.661. The molecule has 0 radical (unpaired) electrons. The molecule has 0 unspecified atom stereocenters. The lowest BCUT2D eigenvalue weighted by Crippen LogP contribution is -2.48. The van der Waals surface area contributed by atoms with Crippen LogP contribution in [0.15, 0.2) is 24.3 Å². The molecule has 0 spiro atoms. The number of hydrogen-bond donors (Lipinski definition) is 1. The molecule has 1 saturated carbocycles. The third-order valence-corrected chi connectivity index (χ3v) is 5.35. The zero-order valence-corrected chi connectivity index (χ0v) is 12.9. The molecule has 1 aromatic rings. The average Bonchev–Trinajstić information content (AvgIpc) is 2.36. The van der Waals surface area contributed by atoms with Gasteiger partial charge in [0.25, 0.3) is 0 Å². The Labute approximate surface area is 123 Å². The van der Waals surface area contributed by atoms with Crippen molar-refractivity contribution in [3.8, 4) is 0 Å². The Hall–Kier alpha value is -0.130. The molecule has 1 N–H and O–H groups in total. The van der Waals surface area contributed by atoms with Crippen molar-refractivity contribution in [1.82, 2.24) is 10.2 Å². The summed E-state index contributed by atoms with van der Waals surface area (Å²) in [6.45, 7) is 4.69. The van der Waals surface area contributed by atoms with E-state index in [9.17, 15) is 0 Å². The van der Waals surface area contributed by atoms with Crippen molar-refractivity contribution in [2.45, 2.75) is 25.3 Å². The molecule has 3 heteroatoms. The molecule has 1 aliphatic carbocycles. The summed E-state index contributed by atoms with van der Waals surface area (Å²) in [5.74, 6) is 0.888. The Kier molecular flexibility index (Phi) is 4.21. The van der Waals surface area contributed by atoms with E-state index in [1.807, 2.05) is 0 Å². The molecule has 0 bridgehead atoms. The summed E-state index contributed by atoms with van der Waals surface area (Å²) >= 11 is 2.50. The lowest BCUT2D eigenvalue weighted by atomic mass is 9.76. The van der Waals surface area contributed by atoms with Gasteiger partial charge in [0, 0.05) is 35.8 Å². The van der Waals surface area contributed by atoms with Crippen molar-refractivity contribution in [3.05, 3.63) is 33.4 Å². The van der Waals surface area contributed by atoms with E-state index in [0.29, 0.717) is 6.04 Å². The molecule has 18 heavy (non-hydrogen) atoms. The molecular formula is C15H21IN2. The lowest BCUT2D eigenvalue weighted by Gasteiger charge is -2.43. The summed E-state index contributed by atoms with van der Waals surface area (Å²) in [6.07, 6.45) is 4.26. The van der Waals surface area contributed by atoms with Gasteiger partial charge in [0.1, 0.15) is 0 Å². The Morgan fingerprint density at radius 2 is 1.89 bits per heavy atom. The normalized spacial score (nSPS) is 23.6. The van der Waals surface area contributed by atoms with E-state index >= 15 is 0 Å². The molecule has 98 valence electrons. The summed E-state index contributed by atoms with van der Waals surface area (Å²) < 4.78 is 1.44. The quantitative estimate of drug-likeness (QED) is 0.838. The third-order valence-electron chi connectivity index (χ3n) is 4.37. The largest absolute Gasteiger partial charge is 0.314 e. The van der Waals surface area contributed by atoms with Crippen LogP contribution in [0.25, 0.3) is 0 Å². The first-order valence-corrected chi connectivity index (χ1v) is 8.13. The number of hydrogen-bond acceptors (Lipinski definition) is 2. The van der Waals surface area contributed by atoms with Crippen LogP contribution in [0.5, 0.6) is 0 Å². The van der Waals surface area contributed by atoms with Crippen molar-refractivity contribution in [3.63, 3.8) is 0 Å². The van der Waals surface area contributed by atoms with E-state index in [1.54, 1.807) is 5.56 Å². The molecule has 0 aromatic heterocycles. The maximum Gasteiger partial charge on any atom is 0.0387 e. The summed E-state index contributed by atoms with van der Waals surface area (Å²) in [5, 5.41) is 3.47. The van der Waals surface area contributed by atoms with Gasteiger partial charge in [-0.05, 0) is 53.0 Å². The third kappa shape index (κ3) is 2.58. The second-order valence-electron chi connectivity index (χ2n) is 5.44. The van der Waals surface area contributed by atoms with Gasteiger partial charge >= 0.3 is 0 Å². The molecular weight excluding hydrogens is 335 g/mol. The molecule has 2 aliphatic rings. The van der Waals surface area contributed by atoms with Crippen LogP contribution in [-0.2, 0) is 0 Å². The fourth-order valence-electron chi connectivity index (χ4n) is 3.18. The van der Waals surface area contributed by atoms with E-state index in [-0.39, 0.29) is 0 Å². The Bertz CT molecular complexity index is 397. The summed E-state index contributed by atoms with van der Waals surface area (Å²) in [6, 6.07) is 9.61. The molecule has 1 aromatic carbocycles. The first-order chi connectivity index (χ1) is 8.86. The lowest BCUT2D eigenvalue weighted by molar-refractivity contribution is 0.0832. The Morgan fingerprint density at radius 1 is 1.17 bits per heavy atom. The van der Waals surface area contributed by atoms with Crippen LogP contribution in [0.3, 0.4) is 0 Å². The highest BCUT2D eigenvalue weighted by molar-refractivity contribution is 14.1. The maximum absolute atomic E-state index is 3.47. The van der Waals surface area contributed by atoms with Crippen molar-refractivity contribution in [2.75, 3.05) is 26.2 Å². The van der Waals surface area contributed by atoms with Crippen LogP contribution >= 0.6 is 22.6 Å². The predicted molar refractivity (Wildman–Crippen MR) is 83.7 cm³/mol. The first-order valence-electron chi connectivity index (χ1n) is 7.05. The molecule has 1 saturated heterocycles. The monoisotopic (exact) mass is 356 g/mol. The van der Waals surface area contributed by atoms with E-state index in [0.717, 1.165) is 19.0 Å². The number of nitrogens with zero attached hydrogens (tertiary/aromatic N) is 1. The average molecular weight is 356 g/mol. The van der Waals surface area contributed by atoms with Gasteiger partial charge in [-0.3, -0.25) is 4.90 Å². The summed E-state index contributed by atoms with van der Waals surface area (Å²) in [4.78, 5) is 2.71. The standard InChI is InChI=1S/C15H21IN2/c16-14-7-2-1-6-13(14)15(12-4-3-5-12)18-10-8-17-9-11-18/h1-2,6-7,12,15,17H,3-5,8-11H2/t15-/m1/s1. The van der Waals surface area contributed by atoms with E-state index < -0.39 is 0 Å². The van der Waals surface area contributed by atoms with Crippen LogP contribution < -0.4 is 5.32 Å².